The number of esters is 1. The number of methoxy groups -OCH3 is 1. The molecule has 0 amide bonds. The Morgan fingerprint density at radius 1 is 1.50 bits per heavy atom. The van der Waals surface area contributed by atoms with Crippen LogP contribution in [0.1, 0.15) is 20.8 Å². The van der Waals surface area contributed by atoms with Crippen molar-refractivity contribution in [3.05, 3.63) is 45.9 Å². The van der Waals surface area contributed by atoms with Crippen molar-refractivity contribution < 1.29 is 9.53 Å². The number of nitrogens with one attached hydrogen (secondary N) is 1. The molecule has 0 bridgehead atoms. The number of ether oxygens (including phenoxy) is 1. The van der Waals surface area contributed by atoms with Gasteiger partial charge in [0.05, 0.1) is 24.7 Å². The number of benzene rings is 1. The van der Waals surface area contributed by atoms with Crippen molar-refractivity contribution in [2.45, 2.75) is 13.5 Å². The number of carbonyl (C=O) groups excluding carboxylic acids is 1. The second-order valence-electron chi connectivity index (χ2n) is 3.79. The minimum atomic E-state index is -0.311. The Labute approximate surface area is 110 Å². The number of carbonyl (C=O) groups is 1. The summed E-state index contributed by atoms with van der Waals surface area (Å²) in [7, 11) is 1.39. The summed E-state index contributed by atoms with van der Waals surface area (Å²) in [6.45, 7) is 2.61. The van der Waals surface area contributed by atoms with E-state index in [-0.39, 0.29) is 5.97 Å². The molecule has 18 heavy (non-hydrogen) atoms. The Kier molecular flexibility index (Phi) is 3.94. The van der Waals surface area contributed by atoms with E-state index in [2.05, 4.69) is 10.3 Å². The SMILES string of the molecule is COC(=O)c1cccc(NCc2cncs2)c1C. The van der Waals surface area contributed by atoms with Crippen LogP contribution in [0.15, 0.2) is 29.9 Å². The topological polar surface area (TPSA) is 51.2 Å². The van der Waals surface area contributed by atoms with Gasteiger partial charge in [-0.2, -0.15) is 0 Å². The van der Waals surface area contributed by atoms with Crippen LogP contribution in [0.3, 0.4) is 0 Å². The molecule has 2 aromatic rings. The number of aromatic nitrogens is 1. The van der Waals surface area contributed by atoms with Gasteiger partial charge in [-0.1, -0.05) is 6.07 Å². The Hall–Kier alpha value is -1.88. The van der Waals surface area contributed by atoms with Crippen molar-refractivity contribution in [1.82, 2.24) is 4.98 Å². The summed E-state index contributed by atoms with van der Waals surface area (Å²) in [5, 5.41) is 3.30. The normalized spacial score (nSPS) is 10.1. The summed E-state index contributed by atoms with van der Waals surface area (Å²) in [5.41, 5.74) is 4.22. The van der Waals surface area contributed by atoms with Gasteiger partial charge in [0, 0.05) is 16.8 Å². The van der Waals surface area contributed by atoms with Crippen LogP contribution in [0.5, 0.6) is 0 Å². The van der Waals surface area contributed by atoms with Gasteiger partial charge in [0.25, 0.3) is 0 Å². The van der Waals surface area contributed by atoms with Crippen LogP contribution in [0.2, 0.25) is 0 Å². The first kappa shape index (κ1) is 12.6. The molecule has 0 radical (unpaired) electrons. The third kappa shape index (κ3) is 2.68. The molecule has 0 unspecified atom stereocenters. The lowest BCUT2D eigenvalue weighted by molar-refractivity contribution is 0.0600. The molecule has 2 rings (SSSR count). The minimum Gasteiger partial charge on any atom is -0.465 e. The molecule has 0 aliphatic rings. The zero-order chi connectivity index (χ0) is 13.0. The van der Waals surface area contributed by atoms with E-state index in [1.165, 1.54) is 7.11 Å². The molecular weight excluding hydrogens is 248 g/mol. The Bertz CT molecular complexity index is 538. The van der Waals surface area contributed by atoms with Gasteiger partial charge < -0.3 is 10.1 Å². The average molecular weight is 262 g/mol. The van der Waals surface area contributed by atoms with Gasteiger partial charge in [-0.25, -0.2) is 4.79 Å². The first-order chi connectivity index (χ1) is 8.72. The fraction of sp³-hybridized carbons (Fsp3) is 0.231. The van der Waals surface area contributed by atoms with Gasteiger partial charge in [-0.05, 0) is 24.6 Å². The third-order valence-electron chi connectivity index (χ3n) is 2.68. The molecule has 1 N–H and O–H groups in total. The minimum absolute atomic E-state index is 0.311. The van der Waals surface area contributed by atoms with Crippen LogP contribution < -0.4 is 5.32 Å². The number of thiazole rings is 1. The molecule has 1 heterocycles. The number of anilines is 1. The highest BCUT2D eigenvalue weighted by Crippen LogP contribution is 2.20. The van der Waals surface area contributed by atoms with E-state index in [1.54, 1.807) is 22.9 Å². The molecule has 1 aromatic heterocycles. The molecule has 0 atom stereocenters. The fourth-order valence-electron chi connectivity index (χ4n) is 1.67. The van der Waals surface area contributed by atoms with E-state index >= 15 is 0 Å². The summed E-state index contributed by atoms with van der Waals surface area (Å²) in [4.78, 5) is 16.7. The van der Waals surface area contributed by atoms with Crippen molar-refractivity contribution in [2.75, 3.05) is 12.4 Å². The van der Waals surface area contributed by atoms with E-state index in [0.717, 1.165) is 16.1 Å². The summed E-state index contributed by atoms with van der Waals surface area (Å²) in [6, 6.07) is 5.55. The highest BCUT2D eigenvalue weighted by Gasteiger charge is 2.11. The molecule has 0 saturated heterocycles. The van der Waals surface area contributed by atoms with Crippen molar-refractivity contribution in [3.63, 3.8) is 0 Å². The number of rotatable bonds is 4. The zero-order valence-electron chi connectivity index (χ0n) is 10.3. The first-order valence-electron chi connectivity index (χ1n) is 5.51. The predicted octanol–water partition coefficient (Wildman–Crippen LogP) is 2.85. The van der Waals surface area contributed by atoms with Gasteiger partial charge in [-0.15, -0.1) is 11.3 Å². The molecule has 0 saturated carbocycles. The van der Waals surface area contributed by atoms with Crippen molar-refractivity contribution in [1.29, 1.82) is 0 Å². The van der Waals surface area contributed by atoms with Gasteiger partial charge in [-0.3, -0.25) is 4.98 Å². The largest absolute Gasteiger partial charge is 0.465 e. The summed E-state index contributed by atoms with van der Waals surface area (Å²) in [5.74, 6) is -0.311. The predicted molar refractivity (Wildman–Crippen MR) is 72.0 cm³/mol. The van der Waals surface area contributed by atoms with Crippen LogP contribution >= 0.6 is 11.3 Å². The van der Waals surface area contributed by atoms with Crippen LogP contribution in [-0.2, 0) is 11.3 Å². The van der Waals surface area contributed by atoms with Crippen molar-refractivity contribution in [2.24, 2.45) is 0 Å². The summed E-state index contributed by atoms with van der Waals surface area (Å²) >= 11 is 1.60. The maximum atomic E-state index is 11.6. The van der Waals surface area contributed by atoms with Crippen LogP contribution in [-0.4, -0.2) is 18.1 Å². The third-order valence-corrected chi connectivity index (χ3v) is 3.46. The lowest BCUT2D eigenvalue weighted by Crippen LogP contribution is -2.07. The van der Waals surface area contributed by atoms with E-state index in [4.69, 9.17) is 4.74 Å². The van der Waals surface area contributed by atoms with E-state index in [9.17, 15) is 4.79 Å². The van der Waals surface area contributed by atoms with E-state index in [1.807, 2.05) is 25.3 Å². The quantitative estimate of drug-likeness (QED) is 0.861. The van der Waals surface area contributed by atoms with Crippen molar-refractivity contribution in [3.8, 4) is 0 Å². The lowest BCUT2D eigenvalue weighted by atomic mass is 10.1. The monoisotopic (exact) mass is 262 g/mol. The van der Waals surface area contributed by atoms with Gasteiger partial charge in [0.15, 0.2) is 0 Å². The molecule has 1 aromatic carbocycles. The molecule has 0 aliphatic carbocycles. The lowest BCUT2D eigenvalue weighted by Gasteiger charge is -2.11. The summed E-state index contributed by atoms with van der Waals surface area (Å²) in [6.07, 6.45) is 1.83. The average Bonchev–Trinajstić information content (AvgIpc) is 2.90. The highest BCUT2D eigenvalue weighted by atomic mass is 32.1. The molecular formula is C13H14N2O2S. The van der Waals surface area contributed by atoms with Gasteiger partial charge in [0.2, 0.25) is 0 Å². The van der Waals surface area contributed by atoms with Crippen LogP contribution in [0.4, 0.5) is 5.69 Å². The number of hydrogen-bond acceptors (Lipinski definition) is 5. The molecule has 4 nitrogen and oxygen atoms in total. The maximum Gasteiger partial charge on any atom is 0.338 e. The Morgan fingerprint density at radius 2 is 2.33 bits per heavy atom. The number of nitrogens with zero attached hydrogens (tertiary/aromatic N) is 1. The van der Waals surface area contributed by atoms with E-state index < -0.39 is 0 Å². The number of hydrogen-bond donors (Lipinski definition) is 1. The Morgan fingerprint density at radius 3 is 3.00 bits per heavy atom. The second-order valence-corrected chi connectivity index (χ2v) is 4.76. The van der Waals surface area contributed by atoms with Gasteiger partial charge in [0.1, 0.15) is 0 Å². The maximum absolute atomic E-state index is 11.6. The van der Waals surface area contributed by atoms with Gasteiger partial charge >= 0.3 is 5.97 Å². The zero-order valence-corrected chi connectivity index (χ0v) is 11.1. The highest BCUT2D eigenvalue weighted by molar-refractivity contribution is 7.09. The van der Waals surface area contributed by atoms with E-state index in [0.29, 0.717) is 12.1 Å². The van der Waals surface area contributed by atoms with Crippen LogP contribution in [0.25, 0.3) is 0 Å². The molecule has 0 aliphatic heterocycles. The van der Waals surface area contributed by atoms with Crippen molar-refractivity contribution >= 4 is 23.0 Å². The molecule has 0 fully saturated rings. The fourth-order valence-corrected chi connectivity index (χ4v) is 2.20. The molecule has 94 valence electrons. The smallest absolute Gasteiger partial charge is 0.338 e. The second kappa shape index (κ2) is 5.64. The standard InChI is InChI=1S/C13H14N2O2S/c1-9-11(13(16)17-2)4-3-5-12(9)15-7-10-6-14-8-18-10/h3-6,8,15H,7H2,1-2H3. The molecule has 5 heteroatoms. The molecule has 0 spiro atoms. The van der Waals surface area contributed by atoms with Crippen LogP contribution in [0, 0.1) is 6.92 Å². The first-order valence-corrected chi connectivity index (χ1v) is 6.39. The Balaban J connectivity index is 2.16. The summed E-state index contributed by atoms with van der Waals surface area (Å²) < 4.78 is 4.75.